The van der Waals surface area contributed by atoms with Gasteiger partial charge >= 0.3 is 0 Å². The van der Waals surface area contributed by atoms with Crippen LogP contribution in [0, 0.1) is 11.8 Å². The molecule has 2 aliphatic rings. The molecule has 0 heterocycles. The van der Waals surface area contributed by atoms with E-state index in [0.29, 0.717) is 23.7 Å². The second-order valence-corrected chi connectivity index (χ2v) is 10.1. The SMILES string of the molecule is c1ccc(N/N=C2\C[C@@H](c3ccccc3)[C@H]3C[C@H]2[C@H](c2ccccc2)C/C3=N\Nc2ccccc2)cc1. The van der Waals surface area contributed by atoms with Gasteiger partial charge in [-0.25, -0.2) is 0 Å². The van der Waals surface area contributed by atoms with E-state index in [0.717, 1.165) is 30.6 Å². The van der Waals surface area contributed by atoms with Crippen LogP contribution in [0.3, 0.4) is 0 Å². The molecule has 0 unspecified atom stereocenters. The first kappa shape index (κ1) is 23.2. The molecule has 4 atom stereocenters. The van der Waals surface area contributed by atoms with Gasteiger partial charge in [0.15, 0.2) is 0 Å². The van der Waals surface area contributed by atoms with Crippen LogP contribution in [0.5, 0.6) is 0 Å². The van der Waals surface area contributed by atoms with Crippen molar-refractivity contribution in [2.75, 3.05) is 10.9 Å². The van der Waals surface area contributed by atoms with Crippen molar-refractivity contribution in [3.63, 3.8) is 0 Å². The number of hydrogen-bond acceptors (Lipinski definition) is 4. The normalized spacial score (nSPS) is 25.1. The van der Waals surface area contributed by atoms with E-state index in [-0.39, 0.29) is 0 Å². The van der Waals surface area contributed by atoms with Crippen molar-refractivity contribution in [2.45, 2.75) is 31.1 Å². The quantitative estimate of drug-likeness (QED) is 0.273. The third kappa shape index (κ3) is 5.19. The molecule has 2 fully saturated rings. The molecule has 2 aliphatic carbocycles. The Balaban J connectivity index is 1.39. The summed E-state index contributed by atoms with van der Waals surface area (Å²) < 4.78 is 0. The first-order valence-electron chi connectivity index (χ1n) is 13.2. The van der Waals surface area contributed by atoms with E-state index in [1.54, 1.807) is 0 Å². The predicted octanol–water partition coefficient (Wildman–Crippen LogP) is 7.92. The molecule has 4 aromatic carbocycles. The molecule has 0 aromatic heterocycles. The largest absolute Gasteiger partial charge is 0.279 e. The van der Waals surface area contributed by atoms with E-state index in [1.165, 1.54) is 22.6 Å². The van der Waals surface area contributed by atoms with Gasteiger partial charge in [0.2, 0.25) is 0 Å². The smallest absolute Gasteiger partial charge is 0.0561 e. The summed E-state index contributed by atoms with van der Waals surface area (Å²) in [7, 11) is 0. The van der Waals surface area contributed by atoms with Crippen LogP contribution < -0.4 is 10.9 Å². The van der Waals surface area contributed by atoms with Crippen molar-refractivity contribution in [1.29, 1.82) is 0 Å². The molecular weight excluding hydrogens is 452 g/mol. The van der Waals surface area contributed by atoms with Crippen LogP contribution >= 0.6 is 0 Å². The minimum absolute atomic E-state index is 0.349. The van der Waals surface area contributed by atoms with E-state index >= 15 is 0 Å². The molecule has 0 spiro atoms. The van der Waals surface area contributed by atoms with Gasteiger partial charge in [-0.15, -0.1) is 0 Å². The topological polar surface area (TPSA) is 48.8 Å². The molecule has 0 saturated heterocycles. The highest BCUT2D eigenvalue weighted by molar-refractivity contribution is 5.98. The highest BCUT2D eigenvalue weighted by atomic mass is 15.3. The van der Waals surface area contributed by atoms with Gasteiger partial charge in [0, 0.05) is 23.3 Å². The molecule has 2 saturated carbocycles. The molecule has 184 valence electrons. The number of para-hydroxylation sites is 2. The Kier molecular flexibility index (Phi) is 6.80. The lowest BCUT2D eigenvalue weighted by Gasteiger charge is -2.46. The second-order valence-electron chi connectivity index (χ2n) is 10.1. The Bertz CT molecular complexity index is 1240. The molecule has 2 bridgehead atoms. The fourth-order valence-corrected chi connectivity index (χ4v) is 6.03. The second kappa shape index (κ2) is 10.8. The third-order valence-electron chi connectivity index (χ3n) is 7.85. The van der Waals surface area contributed by atoms with Gasteiger partial charge in [-0.1, -0.05) is 97.1 Å². The van der Waals surface area contributed by atoms with Crippen LogP contribution in [0.4, 0.5) is 11.4 Å². The summed E-state index contributed by atoms with van der Waals surface area (Å²) in [6.07, 6.45) is 2.89. The summed E-state index contributed by atoms with van der Waals surface area (Å²) in [6, 6.07) is 42.4. The number of rotatable bonds is 6. The molecule has 2 N–H and O–H groups in total. The van der Waals surface area contributed by atoms with Crippen molar-refractivity contribution in [3.8, 4) is 0 Å². The summed E-state index contributed by atoms with van der Waals surface area (Å²) in [5.74, 6) is 1.45. The zero-order chi connectivity index (χ0) is 24.9. The van der Waals surface area contributed by atoms with Crippen molar-refractivity contribution < 1.29 is 0 Å². The number of hydrazone groups is 2. The Labute approximate surface area is 219 Å². The molecule has 4 aromatic rings. The van der Waals surface area contributed by atoms with Crippen LogP contribution in [-0.4, -0.2) is 11.4 Å². The number of nitrogens with one attached hydrogen (secondary N) is 2. The fraction of sp³-hybridized carbons (Fsp3) is 0.212. The van der Waals surface area contributed by atoms with E-state index in [2.05, 4.69) is 95.8 Å². The Morgan fingerprint density at radius 1 is 0.432 bits per heavy atom. The molecular formula is C33H32N4. The third-order valence-corrected chi connectivity index (χ3v) is 7.85. The molecule has 0 aliphatic heterocycles. The summed E-state index contributed by atoms with van der Waals surface area (Å²) >= 11 is 0. The van der Waals surface area contributed by atoms with Crippen molar-refractivity contribution in [3.05, 3.63) is 132 Å². The minimum atomic E-state index is 0.349. The Hall–Kier alpha value is -4.18. The van der Waals surface area contributed by atoms with E-state index < -0.39 is 0 Å². The standard InChI is InChI=1S/C33H32N4/c1-5-13-24(14-6-1)28-22-32(36-34-26-17-9-3-10-18-26)31-21-30(28)33(37-35-27-19-11-4-12-20-27)23-29(31)25-15-7-2-8-16-25/h1-20,28-31,34-35H,21-23H2/b36-32+,37-33+/t28-,29-,30-,31+/m0/s1. The lowest BCUT2D eigenvalue weighted by atomic mass is 9.58. The van der Waals surface area contributed by atoms with Gasteiger partial charge in [-0.05, 0) is 66.5 Å². The summed E-state index contributed by atoms with van der Waals surface area (Å²) in [5, 5.41) is 10.1. The van der Waals surface area contributed by atoms with Gasteiger partial charge in [0.1, 0.15) is 0 Å². The van der Waals surface area contributed by atoms with Gasteiger partial charge < -0.3 is 0 Å². The van der Waals surface area contributed by atoms with E-state index in [4.69, 9.17) is 10.2 Å². The molecule has 4 nitrogen and oxygen atoms in total. The Morgan fingerprint density at radius 3 is 1.16 bits per heavy atom. The van der Waals surface area contributed by atoms with Crippen LogP contribution in [0.25, 0.3) is 0 Å². The van der Waals surface area contributed by atoms with E-state index in [9.17, 15) is 0 Å². The zero-order valence-corrected chi connectivity index (χ0v) is 20.9. The number of fused-ring (bicyclic) bond motifs is 2. The summed E-state index contributed by atoms with van der Waals surface area (Å²) in [4.78, 5) is 0. The van der Waals surface area contributed by atoms with Crippen LogP contribution in [-0.2, 0) is 0 Å². The minimum Gasteiger partial charge on any atom is -0.279 e. The lowest BCUT2D eigenvalue weighted by molar-refractivity contribution is 0.337. The highest BCUT2D eigenvalue weighted by Gasteiger charge is 2.46. The van der Waals surface area contributed by atoms with Crippen molar-refractivity contribution >= 4 is 22.8 Å². The summed E-state index contributed by atoms with van der Waals surface area (Å²) in [6.45, 7) is 0. The maximum Gasteiger partial charge on any atom is 0.0561 e. The molecule has 4 heteroatoms. The fourth-order valence-electron chi connectivity index (χ4n) is 6.03. The van der Waals surface area contributed by atoms with Gasteiger partial charge in [-0.3, -0.25) is 10.9 Å². The van der Waals surface area contributed by atoms with E-state index in [1.807, 2.05) is 36.4 Å². The molecule has 6 rings (SSSR count). The van der Waals surface area contributed by atoms with Gasteiger partial charge in [-0.2, -0.15) is 10.2 Å². The van der Waals surface area contributed by atoms with Crippen LogP contribution in [0.2, 0.25) is 0 Å². The summed E-state index contributed by atoms with van der Waals surface area (Å²) in [5.41, 5.74) is 14.0. The zero-order valence-electron chi connectivity index (χ0n) is 20.9. The van der Waals surface area contributed by atoms with Crippen molar-refractivity contribution in [2.24, 2.45) is 22.0 Å². The monoisotopic (exact) mass is 484 g/mol. The maximum absolute atomic E-state index is 5.06. The van der Waals surface area contributed by atoms with Crippen LogP contribution in [0.1, 0.15) is 42.2 Å². The van der Waals surface area contributed by atoms with Crippen LogP contribution in [0.15, 0.2) is 132 Å². The van der Waals surface area contributed by atoms with Crippen molar-refractivity contribution in [1.82, 2.24) is 0 Å². The first-order chi connectivity index (χ1) is 18.3. The predicted molar refractivity (Wildman–Crippen MR) is 154 cm³/mol. The number of benzene rings is 4. The molecule has 37 heavy (non-hydrogen) atoms. The molecule has 0 amide bonds. The lowest BCUT2D eigenvalue weighted by Crippen LogP contribution is -2.44. The average molecular weight is 485 g/mol. The maximum atomic E-state index is 5.06. The highest BCUT2D eigenvalue weighted by Crippen LogP contribution is 2.50. The number of hydrogen-bond donors (Lipinski definition) is 2. The molecule has 0 radical (unpaired) electrons. The van der Waals surface area contributed by atoms with Gasteiger partial charge in [0.05, 0.1) is 11.4 Å². The Morgan fingerprint density at radius 2 is 0.784 bits per heavy atom. The van der Waals surface area contributed by atoms with Gasteiger partial charge in [0.25, 0.3) is 0 Å². The number of anilines is 2. The average Bonchev–Trinajstić information content (AvgIpc) is 2.98. The first-order valence-corrected chi connectivity index (χ1v) is 13.2. The number of nitrogens with zero attached hydrogens (tertiary/aromatic N) is 2.